The Kier molecular flexibility index (Phi) is 15.1. The summed E-state index contributed by atoms with van der Waals surface area (Å²) in [5.41, 5.74) is 7.40. The van der Waals surface area contributed by atoms with Gasteiger partial charge >= 0.3 is 6.03 Å². The number of carbonyl (C=O) groups excluding carboxylic acids is 1. The summed E-state index contributed by atoms with van der Waals surface area (Å²) < 4.78 is 16.4. The van der Waals surface area contributed by atoms with E-state index in [9.17, 15) is 9.90 Å². The standard InChI is InChI=1S/C23H41N3O5.ClH/c1-16(2)18(14-19(24)20(27)15-25-23(28)26(3)4)12-17-8-9-21(30-6)22(13-17)31-11-7-10-29-5;/h8-9,13,16,18-20,27H,7,10-12,14-15,24H2,1-6H3,(H,25,28);1H/t18-,19-,20-;/m0./s1. The first-order valence-corrected chi connectivity index (χ1v) is 10.9. The van der Waals surface area contributed by atoms with Gasteiger partial charge in [-0.05, 0) is 42.4 Å². The number of amides is 2. The summed E-state index contributed by atoms with van der Waals surface area (Å²) in [6.07, 6.45) is 1.45. The Balaban J connectivity index is 0.00000961. The van der Waals surface area contributed by atoms with E-state index in [1.54, 1.807) is 28.3 Å². The van der Waals surface area contributed by atoms with E-state index >= 15 is 0 Å². The third kappa shape index (κ3) is 10.7. The topological polar surface area (TPSA) is 106 Å². The lowest BCUT2D eigenvalue weighted by atomic mass is 9.83. The van der Waals surface area contributed by atoms with Crippen molar-refractivity contribution in [3.8, 4) is 11.5 Å². The molecule has 0 aromatic heterocycles. The zero-order valence-electron chi connectivity index (χ0n) is 20.3. The number of halogens is 1. The van der Waals surface area contributed by atoms with E-state index in [2.05, 4.69) is 19.2 Å². The maximum atomic E-state index is 11.7. The zero-order chi connectivity index (χ0) is 23.4. The van der Waals surface area contributed by atoms with Crippen LogP contribution < -0.4 is 20.5 Å². The summed E-state index contributed by atoms with van der Waals surface area (Å²) in [6.45, 7) is 5.64. The Morgan fingerprint density at radius 2 is 1.88 bits per heavy atom. The molecule has 0 fully saturated rings. The molecule has 0 saturated carbocycles. The molecule has 3 atom stereocenters. The molecule has 0 bridgehead atoms. The Hall–Kier alpha value is -1.74. The lowest BCUT2D eigenvalue weighted by Gasteiger charge is -2.28. The fourth-order valence-electron chi connectivity index (χ4n) is 3.25. The maximum absolute atomic E-state index is 11.7. The minimum absolute atomic E-state index is 0. The normalized spacial score (nSPS) is 13.7. The first-order valence-electron chi connectivity index (χ1n) is 10.9. The van der Waals surface area contributed by atoms with Crippen LogP contribution in [0.15, 0.2) is 18.2 Å². The molecule has 32 heavy (non-hydrogen) atoms. The first kappa shape index (κ1) is 30.3. The number of rotatable bonds is 14. The quantitative estimate of drug-likeness (QED) is 0.357. The first-order chi connectivity index (χ1) is 14.7. The van der Waals surface area contributed by atoms with E-state index in [1.807, 2.05) is 18.2 Å². The molecule has 186 valence electrons. The van der Waals surface area contributed by atoms with Crippen LogP contribution in [0.2, 0.25) is 0 Å². The van der Waals surface area contributed by atoms with Gasteiger partial charge in [-0.25, -0.2) is 4.79 Å². The van der Waals surface area contributed by atoms with E-state index in [0.29, 0.717) is 37.1 Å². The van der Waals surface area contributed by atoms with Crippen LogP contribution in [0.3, 0.4) is 0 Å². The minimum atomic E-state index is -0.805. The number of hydrogen-bond donors (Lipinski definition) is 3. The average Bonchev–Trinajstić information content (AvgIpc) is 2.74. The molecule has 2 amide bonds. The second-order valence-corrected chi connectivity index (χ2v) is 8.44. The van der Waals surface area contributed by atoms with E-state index in [1.165, 1.54) is 4.90 Å². The summed E-state index contributed by atoms with van der Waals surface area (Å²) in [5.74, 6) is 2.06. The minimum Gasteiger partial charge on any atom is -0.493 e. The van der Waals surface area contributed by atoms with Crippen LogP contribution in [0, 0.1) is 11.8 Å². The summed E-state index contributed by atoms with van der Waals surface area (Å²) in [4.78, 5) is 13.1. The van der Waals surface area contributed by atoms with Crippen LogP contribution in [0.1, 0.15) is 32.3 Å². The molecule has 1 rings (SSSR count). The zero-order valence-corrected chi connectivity index (χ0v) is 21.1. The van der Waals surface area contributed by atoms with Crippen molar-refractivity contribution in [2.75, 3.05) is 48.1 Å². The van der Waals surface area contributed by atoms with Crippen LogP contribution in [0.25, 0.3) is 0 Å². The fourth-order valence-corrected chi connectivity index (χ4v) is 3.25. The van der Waals surface area contributed by atoms with Gasteiger partial charge in [-0.3, -0.25) is 0 Å². The van der Waals surface area contributed by atoms with Gasteiger partial charge in [-0.1, -0.05) is 19.9 Å². The second-order valence-electron chi connectivity index (χ2n) is 8.44. The highest BCUT2D eigenvalue weighted by Gasteiger charge is 2.23. The molecular weight excluding hydrogens is 434 g/mol. The predicted molar refractivity (Wildman–Crippen MR) is 130 cm³/mol. The number of hydrogen-bond acceptors (Lipinski definition) is 6. The van der Waals surface area contributed by atoms with Gasteiger partial charge < -0.3 is 35.3 Å². The van der Waals surface area contributed by atoms with Gasteiger partial charge in [-0.2, -0.15) is 0 Å². The van der Waals surface area contributed by atoms with Crippen LogP contribution in [-0.2, 0) is 11.2 Å². The van der Waals surface area contributed by atoms with Crippen molar-refractivity contribution >= 4 is 18.4 Å². The van der Waals surface area contributed by atoms with E-state index in [4.69, 9.17) is 19.9 Å². The molecule has 4 N–H and O–H groups in total. The van der Waals surface area contributed by atoms with Crippen molar-refractivity contribution in [1.29, 1.82) is 0 Å². The van der Waals surface area contributed by atoms with Crippen LogP contribution >= 0.6 is 12.4 Å². The molecule has 9 heteroatoms. The molecule has 0 aliphatic heterocycles. The summed E-state index contributed by atoms with van der Waals surface area (Å²) in [7, 11) is 6.61. The Bertz CT molecular complexity index is 661. The van der Waals surface area contributed by atoms with Crippen LogP contribution in [0.5, 0.6) is 11.5 Å². The van der Waals surface area contributed by atoms with E-state index in [0.717, 1.165) is 18.4 Å². The average molecular weight is 476 g/mol. The molecule has 1 aromatic carbocycles. The third-order valence-corrected chi connectivity index (χ3v) is 5.36. The molecule has 8 nitrogen and oxygen atoms in total. The highest BCUT2D eigenvalue weighted by molar-refractivity contribution is 5.85. The lowest BCUT2D eigenvalue weighted by molar-refractivity contribution is 0.123. The molecule has 0 unspecified atom stereocenters. The van der Waals surface area contributed by atoms with Crippen molar-refractivity contribution in [3.05, 3.63) is 23.8 Å². The molecule has 0 spiro atoms. The van der Waals surface area contributed by atoms with Gasteiger partial charge in [0, 0.05) is 46.8 Å². The highest BCUT2D eigenvalue weighted by Crippen LogP contribution is 2.31. The van der Waals surface area contributed by atoms with Gasteiger partial charge in [-0.15, -0.1) is 12.4 Å². The van der Waals surface area contributed by atoms with Gasteiger partial charge in [0.2, 0.25) is 0 Å². The predicted octanol–water partition coefficient (Wildman–Crippen LogP) is 2.70. The Labute approximate surface area is 199 Å². The van der Waals surface area contributed by atoms with Gasteiger partial charge in [0.05, 0.1) is 19.8 Å². The molecule has 0 aliphatic rings. The van der Waals surface area contributed by atoms with Crippen molar-refractivity contribution in [2.24, 2.45) is 17.6 Å². The molecule has 0 heterocycles. The lowest BCUT2D eigenvalue weighted by Crippen LogP contribution is -2.46. The number of benzene rings is 1. The molecule has 1 aromatic rings. The van der Waals surface area contributed by atoms with Crippen molar-refractivity contribution in [2.45, 2.75) is 45.3 Å². The van der Waals surface area contributed by atoms with Crippen molar-refractivity contribution in [3.63, 3.8) is 0 Å². The SMILES string of the molecule is COCCCOc1cc(C[C@@H](C[C@H](N)[C@@H](O)CNC(=O)N(C)C)C(C)C)ccc1OC.Cl. The summed E-state index contributed by atoms with van der Waals surface area (Å²) >= 11 is 0. The molecular formula is C23H42ClN3O5. The monoisotopic (exact) mass is 475 g/mol. The number of methoxy groups -OCH3 is 2. The van der Waals surface area contributed by atoms with Crippen LogP contribution in [0.4, 0.5) is 4.79 Å². The van der Waals surface area contributed by atoms with Crippen molar-refractivity contribution < 1.29 is 24.1 Å². The Morgan fingerprint density at radius 1 is 1.19 bits per heavy atom. The fraction of sp³-hybridized carbons (Fsp3) is 0.696. The number of ether oxygens (including phenoxy) is 3. The van der Waals surface area contributed by atoms with E-state index in [-0.39, 0.29) is 30.9 Å². The number of nitrogens with zero attached hydrogens (tertiary/aromatic N) is 1. The number of nitrogens with one attached hydrogen (secondary N) is 1. The summed E-state index contributed by atoms with van der Waals surface area (Å²) in [6, 6.07) is 5.29. The molecule has 0 aliphatic carbocycles. The smallest absolute Gasteiger partial charge is 0.316 e. The second kappa shape index (κ2) is 16.0. The third-order valence-electron chi connectivity index (χ3n) is 5.36. The number of urea groups is 1. The Morgan fingerprint density at radius 3 is 2.44 bits per heavy atom. The van der Waals surface area contributed by atoms with Gasteiger partial charge in [0.15, 0.2) is 11.5 Å². The number of aliphatic hydroxyl groups is 1. The number of nitrogens with two attached hydrogens (primary N) is 1. The van der Waals surface area contributed by atoms with Crippen molar-refractivity contribution in [1.82, 2.24) is 10.2 Å². The van der Waals surface area contributed by atoms with Crippen LogP contribution in [-0.4, -0.2) is 76.3 Å². The number of carbonyl (C=O) groups is 1. The van der Waals surface area contributed by atoms with E-state index < -0.39 is 12.1 Å². The largest absolute Gasteiger partial charge is 0.493 e. The summed E-state index contributed by atoms with van der Waals surface area (Å²) in [5, 5.41) is 13.1. The van der Waals surface area contributed by atoms with Gasteiger partial charge in [0.25, 0.3) is 0 Å². The highest BCUT2D eigenvalue weighted by atomic mass is 35.5. The molecule has 0 radical (unpaired) electrons. The molecule has 0 saturated heterocycles. The number of aliphatic hydroxyl groups excluding tert-OH is 1. The van der Waals surface area contributed by atoms with Gasteiger partial charge in [0.1, 0.15) is 0 Å². The maximum Gasteiger partial charge on any atom is 0.316 e.